The Kier molecular flexibility index (Phi) is 1.87. The fraction of sp³-hybridized carbons (Fsp3) is 0.636. The molecule has 0 saturated heterocycles. The van der Waals surface area contributed by atoms with Gasteiger partial charge in [0.05, 0.1) is 0 Å². The topological polar surface area (TPSA) is 0 Å². The van der Waals surface area contributed by atoms with Crippen LogP contribution in [-0.2, 0) is 0 Å². The van der Waals surface area contributed by atoms with Crippen LogP contribution in [0.5, 0.6) is 0 Å². The third-order valence-corrected chi connectivity index (χ3v) is 4.31. The Labute approximate surface area is 79.1 Å². The molecule has 0 aromatic rings. The summed E-state index contributed by atoms with van der Waals surface area (Å²) in [5.74, 6) is 2.03. The first-order valence-corrected chi connectivity index (χ1v) is 5.72. The molecule has 0 aliphatic heterocycles. The second-order valence-electron chi connectivity index (χ2n) is 3.97. The minimum absolute atomic E-state index is 0.443. The minimum Gasteiger partial charge on any atom is -0.151 e. The van der Waals surface area contributed by atoms with Gasteiger partial charge in [0.2, 0.25) is 0 Å². The molecule has 0 heterocycles. The lowest BCUT2D eigenvalue weighted by molar-refractivity contribution is 0.630. The Morgan fingerprint density at radius 2 is 2.33 bits per heavy atom. The highest BCUT2D eigenvalue weighted by atomic mass is 32.2. The van der Waals surface area contributed by atoms with Crippen LogP contribution in [0.2, 0.25) is 0 Å². The first kappa shape index (κ1) is 8.43. The zero-order valence-electron chi connectivity index (χ0n) is 8.05. The van der Waals surface area contributed by atoms with Gasteiger partial charge in [-0.05, 0) is 36.2 Å². The molecule has 1 saturated carbocycles. The van der Waals surface area contributed by atoms with Gasteiger partial charge in [-0.2, -0.15) is 11.8 Å². The number of fused-ring (bicyclic) bond motifs is 1. The van der Waals surface area contributed by atoms with E-state index in [1.807, 2.05) is 0 Å². The number of hydrogen-bond donors (Lipinski definition) is 0. The van der Waals surface area contributed by atoms with Gasteiger partial charge in [0, 0.05) is 4.75 Å². The molecule has 1 heteroatoms. The SMILES string of the molecule is CCSC1(C)CC(C)C2=CC=C21. The van der Waals surface area contributed by atoms with E-state index in [0.29, 0.717) is 4.75 Å². The molecule has 0 aromatic heterocycles. The van der Waals surface area contributed by atoms with Crippen LogP contribution in [0.4, 0.5) is 0 Å². The van der Waals surface area contributed by atoms with Gasteiger partial charge in [0.15, 0.2) is 0 Å². The summed E-state index contributed by atoms with van der Waals surface area (Å²) in [6.45, 7) is 6.99. The molecule has 0 bridgehead atoms. The molecule has 0 amide bonds. The molecule has 2 aliphatic rings. The Morgan fingerprint density at radius 3 is 2.75 bits per heavy atom. The maximum atomic E-state index is 2.39. The summed E-state index contributed by atoms with van der Waals surface area (Å²) >= 11 is 2.10. The highest BCUT2D eigenvalue weighted by Crippen LogP contribution is 2.54. The van der Waals surface area contributed by atoms with Crippen molar-refractivity contribution < 1.29 is 0 Å². The van der Waals surface area contributed by atoms with Crippen LogP contribution < -0.4 is 0 Å². The van der Waals surface area contributed by atoms with Crippen LogP contribution >= 0.6 is 11.8 Å². The number of hydrogen-bond acceptors (Lipinski definition) is 1. The summed E-state index contributed by atoms with van der Waals surface area (Å²) in [4.78, 5) is 0. The van der Waals surface area contributed by atoms with Crippen molar-refractivity contribution in [1.29, 1.82) is 0 Å². The van der Waals surface area contributed by atoms with Crippen molar-refractivity contribution in [3.8, 4) is 0 Å². The molecular weight excluding hydrogens is 164 g/mol. The average molecular weight is 180 g/mol. The van der Waals surface area contributed by atoms with Crippen molar-refractivity contribution >= 4 is 11.8 Å². The van der Waals surface area contributed by atoms with Gasteiger partial charge in [0.1, 0.15) is 0 Å². The fourth-order valence-corrected chi connectivity index (χ4v) is 3.78. The zero-order valence-corrected chi connectivity index (χ0v) is 8.87. The Balaban J connectivity index is 2.20. The van der Waals surface area contributed by atoms with Crippen molar-refractivity contribution in [1.82, 2.24) is 0 Å². The zero-order chi connectivity index (χ0) is 8.77. The quantitative estimate of drug-likeness (QED) is 0.627. The molecule has 2 aliphatic carbocycles. The van der Waals surface area contributed by atoms with Gasteiger partial charge in [-0.3, -0.25) is 0 Å². The summed E-state index contributed by atoms with van der Waals surface area (Å²) in [6.07, 6.45) is 5.94. The smallest absolute Gasteiger partial charge is 0.0388 e. The highest BCUT2D eigenvalue weighted by Gasteiger charge is 2.43. The van der Waals surface area contributed by atoms with Crippen molar-refractivity contribution in [2.75, 3.05) is 5.75 Å². The predicted molar refractivity (Wildman–Crippen MR) is 56.5 cm³/mol. The molecule has 2 rings (SSSR count). The molecule has 2 unspecified atom stereocenters. The lowest BCUT2D eigenvalue weighted by atomic mass is 9.92. The van der Waals surface area contributed by atoms with Gasteiger partial charge in [0.25, 0.3) is 0 Å². The lowest BCUT2D eigenvalue weighted by Crippen LogP contribution is -2.19. The first-order valence-electron chi connectivity index (χ1n) is 4.74. The minimum atomic E-state index is 0.443. The molecule has 66 valence electrons. The molecule has 2 atom stereocenters. The number of allylic oxidation sites excluding steroid dienone is 3. The van der Waals surface area contributed by atoms with E-state index in [-0.39, 0.29) is 0 Å². The van der Waals surface area contributed by atoms with Crippen LogP contribution in [-0.4, -0.2) is 10.5 Å². The van der Waals surface area contributed by atoms with Gasteiger partial charge in [-0.15, -0.1) is 0 Å². The molecule has 1 fully saturated rings. The van der Waals surface area contributed by atoms with Crippen molar-refractivity contribution in [3.63, 3.8) is 0 Å². The highest BCUT2D eigenvalue weighted by molar-refractivity contribution is 8.00. The van der Waals surface area contributed by atoms with E-state index in [0.717, 1.165) is 5.92 Å². The monoisotopic (exact) mass is 180 g/mol. The van der Waals surface area contributed by atoms with Crippen LogP contribution in [0, 0.1) is 5.92 Å². The molecule has 0 nitrogen and oxygen atoms in total. The summed E-state index contributed by atoms with van der Waals surface area (Å²) in [7, 11) is 0. The third kappa shape index (κ3) is 0.990. The second-order valence-corrected chi connectivity index (χ2v) is 5.74. The number of thioether (sulfide) groups is 1. The average Bonchev–Trinajstić information content (AvgIpc) is 1.96. The van der Waals surface area contributed by atoms with Gasteiger partial charge in [-0.25, -0.2) is 0 Å². The largest absolute Gasteiger partial charge is 0.151 e. The van der Waals surface area contributed by atoms with Gasteiger partial charge >= 0.3 is 0 Å². The van der Waals surface area contributed by atoms with E-state index in [1.54, 1.807) is 11.1 Å². The summed E-state index contributed by atoms with van der Waals surface area (Å²) < 4.78 is 0.443. The van der Waals surface area contributed by atoms with E-state index in [1.165, 1.54) is 12.2 Å². The lowest BCUT2D eigenvalue weighted by Gasteiger charge is -2.27. The summed E-state index contributed by atoms with van der Waals surface area (Å²) in [5, 5.41) is 0. The molecule has 0 aromatic carbocycles. The van der Waals surface area contributed by atoms with Crippen LogP contribution in [0.25, 0.3) is 0 Å². The molecular formula is C11H16S. The third-order valence-electron chi connectivity index (χ3n) is 3.00. The standard InChI is InChI=1S/C11H16S/c1-4-12-11(3)7-8(2)9-5-6-10(9)11/h5-6,8H,4,7H2,1-3H3. The van der Waals surface area contributed by atoms with E-state index in [9.17, 15) is 0 Å². The van der Waals surface area contributed by atoms with Crippen molar-refractivity contribution in [3.05, 3.63) is 23.3 Å². The van der Waals surface area contributed by atoms with Crippen LogP contribution in [0.3, 0.4) is 0 Å². The second kappa shape index (κ2) is 2.66. The first-order chi connectivity index (χ1) is 5.67. The summed E-state index contributed by atoms with van der Waals surface area (Å²) in [5.41, 5.74) is 3.25. The predicted octanol–water partition coefficient (Wildman–Crippen LogP) is 3.40. The Bertz CT molecular complexity index is 262. The Morgan fingerprint density at radius 1 is 1.58 bits per heavy atom. The summed E-state index contributed by atoms with van der Waals surface area (Å²) in [6, 6.07) is 0. The van der Waals surface area contributed by atoms with E-state index in [2.05, 4.69) is 44.7 Å². The van der Waals surface area contributed by atoms with Gasteiger partial charge in [-0.1, -0.05) is 26.0 Å². The molecule has 0 N–H and O–H groups in total. The maximum Gasteiger partial charge on any atom is 0.0388 e. The normalized spacial score (nSPS) is 38.4. The van der Waals surface area contributed by atoms with Crippen LogP contribution in [0.15, 0.2) is 23.3 Å². The van der Waals surface area contributed by atoms with Crippen molar-refractivity contribution in [2.24, 2.45) is 5.92 Å². The fourth-order valence-electron chi connectivity index (χ4n) is 2.43. The maximum absolute atomic E-state index is 2.39. The van der Waals surface area contributed by atoms with E-state index in [4.69, 9.17) is 0 Å². The van der Waals surface area contributed by atoms with Crippen molar-refractivity contribution in [2.45, 2.75) is 31.9 Å². The van der Waals surface area contributed by atoms with Crippen LogP contribution in [0.1, 0.15) is 27.2 Å². The van der Waals surface area contributed by atoms with E-state index >= 15 is 0 Å². The van der Waals surface area contributed by atoms with Gasteiger partial charge < -0.3 is 0 Å². The molecule has 12 heavy (non-hydrogen) atoms. The molecule has 0 spiro atoms. The Hall–Kier alpha value is -0.170. The number of rotatable bonds is 2. The van der Waals surface area contributed by atoms with E-state index < -0.39 is 0 Å². The molecule has 0 radical (unpaired) electrons.